The Bertz CT molecular complexity index is 905. The summed E-state index contributed by atoms with van der Waals surface area (Å²) >= 11 is 12.3. The van der Waals surface area contributed by atoms with Crippen molar-refractivity contribution in [3.05, 3.63) is 75.8 Å². The number of rotatable bonds is 3. The summed E-state index contributed by atoms with van der Waals surface area (Å²) in [5, 5.41) is 7.46. The molecule has 1 N–H and O–H groups in total. The van der Waals surface area contributed by atoms with Crippen molar-refractivity contribution in [1.82, 2.24) is 5.32 Å². The van der Waals surface area contributed by atoms with Crippen LogP contribution in [-0.2, 0) is 0 Å². The molecular formula is C21H19Cl2NO. The molecule has 3 aromatic rings. The van der Waals surface area contributed by atoms with E-state index < -0.39 is 0 Å². The topological polar surface area (TPSA) is 21.3 Å². The van der Waals surface area contributed by atoms with Crippen LogP contribution in [0.5, 0.6) is 5.75 Å². The minimum absolute atomic E-state index is 0.342. The van der Waals surface area contributed by atoms with Crippen molar-refractivity contribution < 1.29 is 4.74 Å². The first-order valence-electron chi connectivity index (χ1n) is 8.39. The first-order chi connectivity index (χ1) is 12.1. The van der Waals surface area contributed by atoms with Crippen molar-refractivity contribution in [2.24, 2.45) is 0 Å². The van der Waals surface area contributed by atoms with Crippen LogP contribution in [0.3, 0.4) is 0 Å². The molecule has 1 fully saturated rings. The van der Waals surface area contributed by atoms with Gasteiger partial charge in [0.15, 0.2) is 0 Å². The smallest absolute Gasteiger partial charge is 0.119 e. The summed E-state index contributed by atoms with van der Waals surface area (Å²) in [5.41, 5.74) is 2.52. The Hall–Kier alpha value is -1.74. The summed E-state index contributed by atoms with van der Waals surface area (Å²) in [7, 11) is 1.69. The Kier molecular flexibility index (Phi) is 4.60. The van der Waals surface area contributed by atoms with Gasteiger partial charge < -0.3 is 10.1 Å². The quantitative estimate of drug-likeness (QED) is 0.611. The second-order valence-electron chi connectivity index (χ2n) is 6.57. The normalized spacial score (nSPS) is 20.1. The van der Waals surface area contributed by atoms with E-state index in [-0.39, 0.29) is 0 Å². The van der Waals surface area contributed by atoms with Crippen LogP contribution in [-0.4, -0.2) is 13.7 Å². The van der Waals surface area contributed by atoms with Gasteiger partial charge in [0.25, 0.3) is 0 Å². The maximum absolute atomic E-state index is 6.16. The van der Waals surface area contributed by atoms with E-state index in [2.05, 4.69) is 35.6 Å². The molecule has 1 saturated heterocycles. The van der Waals surface area contributed by atoms with Crippen LogP contribution in [0.2, 0.25) is 10.0 Å². The van der Waals surface area contributed by atoms with Crippen molar-refractivity contribution in [3.8, 4) is 5.75 Å². The molecule has 4 rings (SSSR count). The van der Waals surface area contributed by atoms with Crippen molar-refractivity contribution in [2.75, 3.05) is 13.7 Å². The molecule has 2 nitrogen and oxygen atoms in total. The lowest BCUT2D eigenvalue weighted by Crippen LogP contribution is -2.13. The molecule has 1 heterocycles. The number of ether oxygens (including phenoxy) is 1. The fraction of sp³-hybridized carbons (Fsp3) is 0.238. The summed E-state index contributed by atoms with van der Waals surface area (Å²) in [6, 6.07) is 19.0. The zero-order valence-corrected chi connectivity index (χ0v) is 15.4. The van der Waals surface area contributed by atoms with Crippen LogP contribution in [0.1, 0.15) is 29.5 Å². The summed E-state index contributed by atoms with van der Waals surface area (Å²) in [5.74, 6) is 1.31. The molecule has 0 saturated carbocycles. The van der Waals surface area contributed by atoms with Crippen LogP contribution in [0.15, 0.2) is 54.6 Å². The number of benzene rings is 3. The van der Waals surface area contributed by atoms with Gasteiger partial charge in [0.1, 0.15) is 5.75 Å². The molecule has 25 heavy (non-hydrogen) atoms. The molecule has 0 amide bonds. The van der Waals surface area contributed by atoms with Gasteiger partial charge in [0.05, 0.1) is 7.11 Å². The van der Waals surface area contributed by atoms with Gasteiger partial charge in [-0.1, -0.05) is 41.4 Å². The summed E-state index contributed by atoms with van der Waals surface area (Å²) in [4.78, 5) is 0. The second-order valence-corrected chi connectivity index (χ2v) is 7.44. The molecule has 128 valence electrons. The van der Waals surface area contributed by atoms with E-state index in [1.807, 2.05) is 18.2 Å². The van der Waals surface area contributed by atoms with Crippen molar-refractivity contribution in [1.29, 1.82) is 0 Å². The fourth-order valence-corrected chi connectivity index (χ4v) is 4.18. The minimum atomic E-state index is 0.342. The molecule has 2 atom stereocenters. The van der Waals surface area contributed by atoms with E-state index in [0.29, 0.717) is 22.0 Å². The van der Waals surface area contributed by atoms with Gasteiger partial charge in [-0.2, -0.15) is 0 Å². The maximum atomic E-state index is 6.16. The van der Waals surface area contributed by atoms with Gasteiger partial charge in [0, 0.05) is 22.6 Å². The molecule has 1 aliphatic rings. The van der Waals surface area contributed by atoms with E-state index in [0.717, 1.165) is 18.7 Å². The Morgan fingerprint density at radius 3 is 2.36 bits per heavy atom. The maximum Gasteiger partial charge on any atom is 0.119 e. The lowest BCUT2D eigenvalue weighted by atomic mass is 9.93. The van der Waals surface area contributed by atoms with Gasteiger partial charge in [-0.05, 0) is 70.6 Å². The van der Waals surface area contributed by atoms with Crippen LogP contribution in [0.4, 0.5) is 0 Å². The average Bonchev–Trinajstić information content (AvgIpc) is 3.10. The van der Waals surface area contributed by atoms with Crippen LogP contribution in [0.25, 0.3) is 10.8 Å². The molecule has 0 aromatic heterocycles. The van der Waals surface area contributed by atoms with E-state index in [1.54, 1.807) is 13.2 Å². The second kappa shape index (κ2) is 6.87. The Morgan fingerprint density at radius 2 is 1.60 bits per heavy atom. The van der Waals surface area contributed by atoms with Gasteiger partial charge in [-0.3, -0.25) is 0 Å². The minimum Gasteiger partial charge on any atom is -0.497 e. The predicted molar refractivity (Wildman–Crippen MR) is 105 cm³/mol. The van der Waals surface area contributed by atoms with E-state index in [9.17, 15) is 0 Å². The molecule has 0 spiro atoms. The van der Waals surface area contributed by atoms with Gasteiger partial charge in [-0.15, -0.1) is 0 Å². The van der Waals surface area contributed by atoms with Crippen molar-refractivity contribution >= 4 is 34.0 Å². The standard InChI is InChI=1S/C21H19Cl2NO/c1-25-20-5-4-13-6-15(3-2-14(13)9-20)21-10-17(12-24-21)16-7-18(22)11-19(23)8-16/h2-9,11,17,21,24H,10,12H2,1H3/t17-,21-/m1/s1. The van der Waals surface area contributed by atoms with E-state index in [1.165, 1.54) is 21.9 Å². The van der Waals surface area contributed by atoms with Crippen LogP contribution in [0, 0.1) is 0 Å². The van der Waals surface area contributed by atoms with Crippen LogP contribution >= 0.6 is 23.2 Å². The Balaban J connectivity index is 1.57. The lowest BCUT2D eigenvalue weighted by molar-refractivity contribution is 0.415. The largest absolute Gasteiger partial charge is 0.497 e. The molecular weight excluding hydrogens is 353 g/mol. The van der Waals surface area contributed by atoms with Gasteiger partial charge >= 0.3 is 0 Å². The van der Waals surface area contributed by atoms with E-state index >= 15 is 0 Å². The highest BCUT2D eigenvalue weighted by Crippen LogP contribution is 2.36. The van der Waals surface area contributed by atoms with E-state index in [4.69, 9.17) is 27.9 Å². The molecule has 4 heteroatoms. The molecule has 3 aromatic carbocycles. The fourth-order valence-electron chi connectivity index (χ4n) is 3.64. The predicted octanol–water partition coefficient (Wildman–Crippen LogP) is 5.97. The SMILES string of the molecule is COc1ccc2cc([C@H]3C[C@@H](c4cc(Cl)cc(Cl)c4)CN3)ccc2c1. The van der Waals surface area contributed by atoms with Gasteiger partial charge in [-0.25, -0.2) is 0 Å². The highest BCUT2D eigenvalue weighted by atomic mass is 35.5. The highest BCUT2D eigenvalue weighted by Gasteiger charge is 2.27. The van der Waals surface area contributed by atoms with Crippen molar-refractivity contribution in [2.45, 2.75) is 18.4 Å². The first kappa shape index (κ1) is 16.7. The third-order valence-corrected chi connectivity index (χ3v) is 5.40. The lowest BCUT2D eigenvalue weighted by Gasteiger charge is -2.13. The number of fused-ring (bicyclic) bond motifs is 1. The zero-order chi connectivity index (χ0) is 17.4. The Labute approximate surface area is 157 Å². The highest BCUT2D eigenvalue weighted by molar-refractivity contribution is 6.34. The molecule has 0 bridgehead atoms. The first-order valence-corrected chi connectivity index (χ1v) is 9.15. The molecule has 1 aliphatic heterocycles. The summed E-state index contributed by atoms with van der Waals surface area (Å²) in [6.07, 6.45) is 1.04. The number of methoxy groups -OCH3 is 1. The summed E-state index contributed by atoms with van der Waals surface area (Å²) in [6.45, 7) is 0.933. The molecule has 0 unspecified atom stereocenters. The zero-order valence-electron chi connectivity index (χ0n) is 13.9. The average molecular weight is 372 g/mol. The Morgan fingerprint density at radius 1 is 0.880 bits per heavy atom. The molecule has 0 aliphatic carbocycles. The number of nitrogens with one attached hydrogen (secondary N) is 1. The summed E-state index contributed by atoms with van der Waals surface area (Å²) < 4.78 is 5.30. The number of hydrogen-bond acceptors (Lipinski definition) is 2. The number of hydrogen-bond donors (Lipinski definition) is 1. The van der Waals surface area contributed by atoms with Crippen molar-refractivity contribution in [3.63, 3.8) is 0 Å². The number of halogens is 2. The third kappa shape index (κ3) is 3.48. The van der Waals surface area contributed by atoms with Crippen LogP contribution < -0.4 is 10.1 Å². The van der Waals surface area contributed by atoms with Gasteiger partial charge in [0.2, 0.25) is 0 Å². The monoisotopic (exact) mass is 371 g/mol. The molecule has 0 radical (unpaired) electrons. The third-order valence-electron chi connectivity index (χ3n) is 4.96.